The Morgan fingerprint density at radius 3 is 2.55 bits per heavy atom. The number of sulfonamides is 1. The predicted octanol–water partition coefficient (Wildman–Crippen LogP) is 2.30. The summed E-state index contributed by atoms with van der Waals surface area (Å²) in [5.41, 5.74) is 6.77. The van der Waals surface area contributed by atoms with Crippen molar-refractivity contribution in [1.82, 2.24) is 4.72 Å². The number of nitrogens with two attached hydrogens (primary N) is 1. The van der Waals surface area contributed by atoms with Crippen LogP contribution in [0.1, 0.15) is 39.5 Å². The van der Waals surface area contributed by atoms with Crippen LogP contribution in [0.3, 0.4) is 0 Å². The second-order valence-electron chi connectivity index (χ2n) is 6.47. The fraction of sp³-hybridized carbons (Fsp3) is 0.625. The van der Waals surface area contributed by atoms with Gasteiger partial charge in [0.25, 0.3) is 0 Å². The standard InChI is InChI=1S/C16H27N3O2S/c1-12(2)19-22(20,21)16-5-3-4-15(10-16)18-11-13-6-8-14(17)9-7-13/h3-5,10,12-14,18-19H,6-9,11,17H2,1-2H3/t13-,14-. The van der Waals surface area contributed by atoms with Gasteiger partial charge in [-0.05, 0) is 63.6 Å². The summed E-state index contributed by atoms with van der Waals surface area (Å²) in [7, 11) is -3.44. The van der Waals surface area contributed by atoms with Crippen LogP contribution in [0.5, 0.6) is 0 Å². The Balaban J connectivity index is 1.97. The fourth-order valence-electron chi connectivity index (χ4n) is 2.81. The molecule has 1 aromatic carbocycles. The first-order chi connectivity index (χ1) is 10.4. The van der Waals surface area contributed by atoms with Crippen LogP contribution in [-0.2, 0) is 10.0 Å². The van der Waals surface area contributed by atoms with Gasteiger partial charge in [0.1, 0.15) is 0 Å². The van der Waals surface area contributed by atoms with Crippen LogP contribution in [0.25, 0.3) is 0 Å². The monoisotopic (exact) mass is 325 g/mol. The lowest BCUT2D eigenvalue weighted by Crippen LogP contribution is -2.30. The molecule has 0 spiro atoms. The van der Waals surface area contributed by atoms with E-state index in [2.05, 4.69) is 10.0 Å². The average Bonchev–Trinajstić information content (AvgIpc) is 2.46. The smallest absolute Gasteiger partial charge is 0.240 e. The molecule has 1 aliphatic carbocycles. The lowest BCUT2D eigenvalue weighted by molar-refractivity contribution is 0.339. The van der Waals surface area contributed by atoms with E-state index < -0.39 is 10.0 Å². The number of benzene rings is 1. The number of anilines is 1. The van der Waals surface area contributed by atoms with Crippen LogP contribution in [0, 0.1) is 5.92 Å². The van der Waals surface area contributed by atoms with E-state index >= 15 is 0 Å². The quantitative estimate of drug-likeness (QED) is 0.749. The van der Waals surface area contributed by atoms with Crippen molar-refractivity contribution in [3.05, 3.63) is 24.3 Å². The highest BCUT2D eigenvalue weighted by molar-refractivity contribution is 7.89. The first kappa shape index (κ1) is 17.2. The maximum Gasteiger partial charge on any atom is 0.240 e. The summed E-state index contributed by atoms with van der Waals surface area (Å²) in [5, 5.41) is 3.36. The number of nitrogens with one attached hydrogen (secondary N) is 2. The molecule has 0 unspecified atom stereocenters. The van der Waals surface area contributed by atoms with Gasteiger partial charge in [0.05, 0.1) is 4.90 Å². The van der Waals surface area contributed by atoms with Gasteiger partial charge >= 0.3 is 0 Å². The van der Waals surface area contributed by atoms with E-state index in [1.807, 2.05) is 19.9 Å². The van der Waals surface area contributed by atoms with E-state index in [4.69, 9.17) is 5.73 Å². The van der Waals surface area contributed by atoms with E-state index in [0.717, 1.165) is 37.9 Å². The first-order valence-electron chi connectivity index (χ1n) is 7.98. The van der Waals surface area contributed by atoms with Crippen LogP contribution in [-0.4, -0.2) is 27.0 Å². The molecule has 1 saturated carbocycles. The van der Waals surface area contributed by atoms with Gasteiger partial charge in [-0.15, -0.1) is 0 Å². The SMILES string of the molecule is CC(C)NS(=O)(=O)c1cccc(NC[C@H]2CC[C@H](N)CC2)c1. The van der Waals surface area contributed by atoms with Gasteiger partial charge in [0.15, 0.2) is 0 Å². The average molecular weight is 325 g/mol. The highest BCUT2D eigenvalue weighted by Crippen LogP contribution is 2.24. The Labute approximate surface area is 133 Å². The van der Waals surface area contributed by atoms with Gasteiger partial charge in [-0.1, -0.05) is 6.07 Å². The second-order valence-corrected chi connectivity index (χ2v) is 8.18. The lowest BCUT2D eigenvalue weighted by atomic mass is 9.86. The Bertz CT molecular complexity index is 579. The zero-order chi connectivity index (χ0) is 16.2. The molecule has 0 bridgehead atoms. The minimum atomic E-state index is -3.44. The molecule has 5 nitrogen and oxygen atoms in total. The van der Waals surface area contributed by atoms with Gasteiger partial charge in [-0.2, -0.15) is 0 Å². The van der Waals surface area contributed by atoms with Gasteiger partial charge in [-0.25, -0.2) is 13.1 Å². The molecule has 0 heterocycles. The molecule has 0 atom stereocenters. The van der Waals surface area contributed by atoms with Crippen molar-refractivity contribution < 1.29 is 8.42 Å². The zero-order valence-corrected chi connectivity index (χ0v) is 14.2. The van der Waals surface area contributed by atoms with E-state index in [0.29, 0.717) is 16.9 Å². The minimum absolute atomic E-state index is 0.118. The van der Waals surface area contributed by atoms with Gasteiger partial charge in [0, 0.05) is 24.3 Å². The third-order valence-electron chi connectivity index (χ3n) is 4.02. The van der Waals surface area contributed by atoms with Crippen molar-refractivity contribution >= 4 is 15.7 Å². The summed E-state index contributed by atoms with van der Waals surface area (Å²) in [6, 6.07) is 7.23. The molecule has 6 heteroatoms. The minimum Gasteiger partial charge on any atom is -0.385 e. The number of hydrogen-bond donors (Lipinski definition) is 3. The zero-order valence-electron chi connectivity index (χ0n) is 13.4. The summed E-state index contributed by atoms with van der Waals surface area (Å²) in [6.07, 6.45) is 4.44. The molecule has 1 fully saturated rings. The van der Waals surface area contributed by atoms with E-state index in [1.165, 1.54) is 0 Å². The summed E-state index contributed by atoms with van der Waals surface area (Å²) in [4.78, 5) is 0.303. The molecule has 1 aromatic rings. The summed E-state index contributed by atoms with van der Waals surface area (Å²) >= 11 is 0. The Hall–Kier alpha value is -1.11. The van der Waals surface area contributed by atoms with Gasteiger partial charge in [0.2, 0.25) is 10.0 Å². The highest BCUT2D eigenvalue weighted by atomic mass is 32.2. The molecule has 0 radical (unpaired) electrons. The van der Waals surface area contributed by atoms with Gasteiger partial charge in [-0.3, -0.25) is 0 Å². The Kier molecular flexibility index (Phi) is 5.83. The van der Waals surface area contributed by atoms with E-state index in [-0.39, 0.29) is 6.04 Å². The Morgan fingerprint density at radius 1 is 1.23 bits per heavy atom. The molecule has 0 aromatic heterocycles. The van der Waals surface area contributed by atoms with Gasteiger partial charge < -0.3 is 11.1 Å². The maximum atomic E-state index is 12.2. The molecule has 0 saturated heterocycles. The largest absolute Gasteiger partial charge is 0.385 e. The van der Waals surface area contributed by atoms with Crippen molar-refractivity contribution in [2.45, 2.75) is 56.5 Å². The van der Waals surface area contributed by atoms with Crippen LogP contribution in [0.2, 0.25) is 0 Å². The molecule has 0 aliphatic heterocycles. The van der Waals surface area contributed by atoms with E-state index in [9.17, 15) is 8.42 Å². The Morgan fingerprint density at radius 2 is 1.91 bits per heavy atom. The summed E-state index contributed by atoms with van der Waals surface area (Å²) in [6.45, 7) is 4.49. The van der Waals surface area contributed by atoms with Crippen LogP contribution in [0.15, 0.2) is 29.2 Å². The van der Waals surface area contributed by atoms with Crippen LogP contribution in [0.4, 0.5) is 5.69 Å². The maximum absolute atomic E-state index is 12.2. The third kappa shape index (κ3) is 4.97. The number of rotatable bonds is 6. The molecule has 4 N–H and O–H groups in total. The van der Waals surface area contributed by atoms with E-state index in [1.54, 1.807) is 18.2 Å². The molecule has 1 aliphatic rings. The molecule has 2 rings (SSSR count). The lowest BCUT2D eigenvalue weighted by Gasteiger charge is -2.26. The number of hydrogen-bond acceptors (Lipinski definition) is 4. The molecular formula is C16H27N3O2S. The van der Waals surface area contributed by atoms with Crippen molar-refractivity contribution in [2.75, 3.05) is 11.9 Å². The van der Waals surface area contributed by atoms with Crippen molar-refractivity contribution in [3.8, 4) is 0 Å². The fourth-order valence-corrected chi connectivity index (χ4v) is 4.10. The third-order valence-corrected chi connectivity index (χ3v) is 5.68. The van der Waals surface area contributed by atoms with Crippen LogP contribution < -0.4 is 15.8 Å². The molecule has 22 heavy (non-hydrogen) atoms. The van der Waals surface area contributed by atoms with Crippen molar-refractivity contribution in [1.29, 1.82) is 0 Å². The molecule has 0 amide bonds. The first-order valence-corrected chi connectivity index (χ1v) is 9.47. The molecular weight excluding hydrogens is 298 g/mol. The topological polar surface area (TPSA) is 84.2 Å². The van der Waals surface area contributed by atoms with Crippen molar-refractivity contribution in [3.63, 3.8) is 0 Å². The second kappa shape index (κ2) is 7.44. The summed E-state index contributed by atoms with van der Waals surface area (Å²) < 4.78 is 27.0. The molecule has 124 valence electrons. The highest BCUT2D eigenvalue weighted by Gasteiger charge is 2.19. The summed E-state index contributed by atoms with van der Waals surface area (Å²) in [5.74, 6) is 0.619. The van der Waals surface area contributed by atoms with Crippen molar-refractivity contribution in [2.24, 2.45) is 11.7 Å². The van der Waals surface area contributed by atoms with Crippen LogP contribution >= 0.6 is 0 Å². The normalized spacial score (nSPS) is 22.7. The predicted molar refractivity (Wildman–Crippen MR) is 90.3 cm³/mol.